The van der Waals surface area contributed by atoms with Crippen LogP contribution in [0.25, 0.3) is 0 Å². The topological polar surface area (TPSA) is 84.5 Å². The number of esters is 1. The summed E-state index contributed by atoms with van der Waals surface area (Å²) >= 11 is 0. The molecule has 2 aromatic carbocycles. The summed E-state index contributed by atoms with van der Waals surface area (Å²) in [6.45, 7) is 1.69. The van der Waals surface area contributed by atoms with Crippen LogP contribution in [0.5, 0.6) is 0 Å². The smallest absolute Gasteiger partial charge is 0.319 e. The Morgan fingerprint density at radius 2 is 1.79 bits per heavy atom. The van der Waals surface area contributed by atoms with E-state index < -0.39 is 18.1 Å². The van der Waals surface area contributed by atoms with Crippen molar-refractivity contribution in [1.82, 2.24) is 5.32 Å². The zero-order valence-corrected chi connectivity index (χ0v) is 15.9. The molecule has 2 aromatic rings. The molecular formula is C22H24N2O4. The van der Waals surface area contributed by atoms with Gasteiger partial charge in [-0.3, -0.25) is 9.59 Å². The number of hydrogen-bond acceptors (Lipinski definition) is 4. The number of carbonyl (C=O) groups is 3. The van der Waals surface area contributed by atoms with Crippen LogP contribution in [0, 0.1) is 0 Å². The van der Waals surface area contributed by atoms with E-state index in [2.05, 4.69) is 10.6 Å². The lowest BCUT2D eigenvalue weighted by Crippen LogP contribution is -2.32. The van der Waals surface area contributed by atoms with Crippen LogP contribution in [0.1, 0.15) is 41.3 Å². The molecule has 0 radical (unpaired) electrons. The number of Topliss-reactive ketones (excluding diaryl/α,β-unsaturated/α-hetero) is 1. The molecule has 0 spiro atoms. The number of aryl methyl sites for hydroxylation is 2. The van der Waals surface area contributed by atoms with Crippen molar-refractivity contribution in [2.24, 2.45) is 0 Å². The van der Waals surface area contributed by atoms with Gasteiger partial charge in [0, 0.05) is 17.8 Å². The fraction of sp³-hybridized carbons (Fsp3) is 0.318. The Bertz CT molecular complexity index is 864. The molecule has 146 valence electrons. The van der Waals surface area contributed by atoms with E-state index >= 15 is 0 Å². The summed E-state index contributed by atoms with van der Waals surface area (Å²) in [6, 6.07) is 14.3. The summed E-state index contributed by atoms with van der Waals surface area (Å²) in [7, 11) is 0. The Balaban J connectivity index is 1.41. The second kappa shape index (κ2) is 9.17. The predicted molar refractivity (Wildman–Crippen MR) is 106 cm³/mol. The van der Waals surface area contributed by atoms with Crippen molar-refractivity contribution in [3.05, 3.63) is 65.2 Å². The highest BCUT2D eigenvalue weighted by Gasteiger charge is 2.21. The zero-order chi connectivity index (χ0) is 19.9. The average molecular weight is 380 g/mol. The van der Waals surface area contributed by atoms with Crippen LogP contribution in [0.2, 0.25) is 0 Å². The summed E-state index contributed by atoms with van der Waals surface area (Å²) in [5.41, 5.74) is 3.73. The number of anilines is 1. The molecule has 0 saturated carbocycles. The molecule has 2 N–H and O–H groups in total. The van der Waals surface area contributed by atoms with Gasteiger partial charge in [0.15, 0.2) is 6.10 Å². The number of amides is 2. The largest absolute Gasteiger partial charge is 0.454 e. The van der Waals surface area contributed by atoms with Gasteiger partial charge in [0.2, 0.25) is 5.78 Å². The van der Waals surface area contributed by atoms with E-state index in [4.69, 9.17) is 4.74 Å². The third kappa shape index (κ3) is 5.19. The first-order chi connectivity index (χ1) is 13.5. The fourth-order valence-corrected chi connectivity index (χ4v) is 3.24. The summed E-state index contributed by atoms with van der Waals surface area (Å²) in [5.74, 6) is -0.736. The fourth-order valence-electron chi connectivity index (χ4n) is 3.24. The van der Waals surface area contributed by atoms with E-state index in [1.807, 2.05) is 30.3 Å². The van der Waals surface area contributed by atoms with Gasteiger partial charge in [-0.1, -0.05) is 30.3 Å². The van der Waals surface area contributed by atoms with Crippen molar-refractivity contribution in [2.45, 2.75) is 38.7 Å². The lowest BCUT2D eigenvalue weighted by atomic mass is 10.0. The molecule has 3 rings (SSSR count). The monoisotopic (exact) mass is 380 g/mol. The van der Waals surface area contributed by atoms with E-state index in [1.54, 1.807) is 25.1 Å². The van der Waals surface area contributed by atoms with Crippen LogP contribution >= 0.6 is 0 Å². The van der Waals surface area contributed by atoms with Crippen LogP contribution < -0.4 is 10.6 Å². The van der Waals surface area contributed by atoms with E-state index in [1.165, 1.54) is 11.1 Å². The number of urea groups is 1. The van der Waals surface area contributed by atoms with Gasteiger partial charge in [-0.2, -0.15) is 0 Å². The molecule has 0 aliphatic heterocycles. The van der Waals surface area contributed by atoms with Crippen molar-refractivity contribution >= 4 is 23.5 Å². The van der Waals surface area contributed by atoms with Crippen LogP contribution in [0.15, 0.2) is 48.5 Å². The first-order valence-electron chi connectivity index (χ1n) is 9.48. The third-order valence-corrected chi connectivity index (χ3v) is 4.71. The third-order valence-electron chi connectivity index (χ3n) is 4.71. The summed E-state index contributed by atoms with van der Waals surface area (Å²) in [6.07, 6.45) is 2.29. The normalized spacial score (nSPS) is 13.3. The maximum absolute atomic E-state index is 12.5. The number of carbonyl (C=O) groups excluding carboxylic acids is 3. The number of rotatable bonds is 7. The van der Waals surface area contributed by atoms with Crippen molar-refractivity contribution in [2.75, 3.05) is 11.9 Å². The minimum Gasteiger partial charge on any atom is -0.454 e. The van der Waals surface area contributed by atoms with E-state index in [9.17, 15) is 14.4 Å². The number of benzene rings is 2. The molecular weight excluding hydrogens is 356 g/mol. The first-order valence-corrected chi connectivity index (χ1v) is 9.48. The zero-order valence-electron chi connectivity index (χ0n) is 15.9. The van der Waals surface area contributed by atoms with Gasteiger partial charge >= 0.3 is 12.0 Å². The molecule has 0 bridgehead atoms. The van der Waals surface area contributed by atoms with Crippen molar-refractivity contribution in [1.29, 1.82) is 0 Å². The lowest BCUT2D eigenvalue weighted by Gasteiger charge is -2.13. The number of nitrogens with one attached hydrogen (secondary N) is 2. The van der Waals surface area contributed by atoms with E-state index in [-0.39, 0.29) is 18.7 Å². The Morgan fingerprint density at radius 3 is 2.57 bits per heavy atom. The second-order valence-corrected chi connectivity index (χ2v) is 6.83. The van der Waals surface area contributed by atoms with Gasteiger partial charge in [0.1, 0.15) is 0 Å². The molecule has 1 atom stereocenters. The van der Waals surface area contributed by atoms with Gasteiger partial charge in [-0.25, -0.2) is 4.79 Å². The molecule has 1 aliphatic carbocycles. The van der Waals surface area contributed by atoms with Crippen LogP contribution in [-0.2, 0) is 22.4 Å². The quantitative estimate of drug-likeness (QED) is 0.569. The van der Waals surface area contributed by atoms with Gasteiger partial charge in [-0.15, -0.1) is 0 Å². The summed E-state index contributed by atoms with van der Waals surface area (Å²) in [5, 5.41) is 5.25. The van der Waals surface area contributed by atoms with E-state index in [0.717, 1.165) is 19.3 Å². The Morgan fingerprint density at radius 1 is 1.04 bits per heavy atom. The van der Waals surface area contributed by atoms with Gasteiger partial charge in [0.05, 0.1) is 6.42 Å². The lowest BCUT2D eigenvalue weighted by molar-refractivity contribution is -0.146. The summed E-state index contributed by atoms with van der Waals surface area (Å²) < 4.78 is 5.23. The molecule has 0 fully saturated rings. The molecule has 0 heterocycles. The molecule has 0 saturated heterocycles. The van der Waals surface area contributed by atoms with Gasteiger partial charge in [0.25, 0.3) is 0 Å². The van der Waals surface area contributed by atoms with Crippen LogP contribution in [0.3, 0.4) is 0 Å². The van der Waals surface area contributed by atoms with Crippen molar-refractivity contribution < 1.29 is 19.1 Å². The Hall–Kier alpha value is -3.15. The highest BCUT2D eigenvalue weighted by molar-refractivity contribution is 6.00. The summed E-state index contributed by atoms with van der Waals surface area (Å²) in [4.78, 5) is 36.3. The predicted octanol–water partition coefficient (Wildman–Crippen LogP) is 3.50. The molecule has 6 nitrogen and oxygen atoms in total. The van der Waals surface area contributed by atoms with E-state index in [0.29, 0.717) is 11.3 Å². The second-order valence-electron chi connectivity index (χ2n) is 6.83. The number of para-hydroxylation sites is 1. The SMILES string of the molecule is C[C@H](OC(=O)CCNC(=O)Nc1ccccc1)C(=O)c1ccc2c(c1)CCC2. The van der Waals surface area contributed by atoms with Gasteiger partial charge in [-0.05, 0) is 55.5 Å². The number of ether oxygens (including phenoxy) is 1. The molecule has 2 amide bonds. The Labute approximate surface area is 164 Å². The molecule has 28 heavy (non-hydrogen) atoms. The van der Waals surface area contributed by atoms with Crippen LogP contribution in [0.4, 0.5) is 10.5 Å². The molecule has 0 unspecified atom stereocenters. The highest BCUT2D eigenvalue weighted by atomic mass is 16.5. The highest BCUT2D eigenvalue weighted by Crippen LogP contribution is 2.23. The Kier molecular flexibility index (Phi) is 6.42. The molecule has 0 aromatic heterocycles. The minimum atomic E-state index is -0.856. The average Bonchev–Trinajstić information content (AvgIpc) is 3.15. The number of fused-ring (bicyclic) bond motifs is 1. The number of ketones is 1. The maximum Gasteiger partial charge on any atom is 0.319 e. The molecule has 1 aliphatic rings. The van der Waals surface area contributed by atoms with Crippen LogP contribution in [-0.4, -0.2) is 30.4 Å². The van der Waals surface area contributed by atoms with Crippen molar-refractivity contribution in [3.63, 3.8) is 0 Å². The maximum atomic E-state index is 12.5. The number of hydrogen-bond donors (Lipinski definition) is 2. The standard InChI is InChI=1S/C22H24N2O4/c1-15(21(26)18-11-10-16-6-5-7-17(16)14-18)28-20(25)12-13-23-22(27)24-19-8-3-2-4-9-19/h2-4,8-11,14-15H,5-7,12-13H2,1H3,(H2,23,24,27)/t15-/m0/s1. The minimum absolute atomic E-state index is 0.00990. The van der Waals surface area contributed by atoms with Gasteiger partial charge < -0.3 is 15.4 Å². The first kappa shape index (κ1) is 19.6. The molecule has 6 heteroatoms. The van der Waals surface area contributed by atoms with Crippen molar-refractivity contribution in [3.8, 4) is 0 Å².